The van der Waals surface area contributed by atoms with Crippen molar-refractivity contribution >= 4 is 27.0 Å². The Balaban J connectivity index is 2.04. The molecule has 1 heterocycles. The van der Waals surface area contributed by atoms with E-state index in [1.165, 1.54) is 7.11 Å². The molecule has 3 rings (SSSR count). The summed E-state index contributed by atoms with van der Waals surface area (Å²) in [5, 5.41) is 9.38. The molecule has 6 nitrogen and oxygen atoms in total. The minimum absolute atomic E-state index is 0.169. The van der Waals surface area contributed by atoms with Crippen molar-refractivity contribution in [3.63, 3.8) is 0 Å². The number of ether oxygens (including phenoxy) is 1. The topological polar surface area (TPSA) is 96.6 Å². The summed E-state index contributed by atoms with van der Waals surface area (Å²) in [7, 11) is -0.887. The Morgan fingerprint density at radius 2 is 1.93 bits per heavy atom. The molecule has 1 aliphatic carbocycles. The van der Waals surface area contributed by atoms with Gasteiger partial charge in [0.05, 0.1) is 22.9 Å². The van der Waals surface area contributed by atoms with E-state index in [0.29, 0.717) is 28.5 Å². The zero-order valence-electron chi connectivity index (χ0n) is 15.7. The number of hydrogen-bond donors (Lipinski definition) is 0. The Kier molecular flexibility index (Phi) is 5.66. The fraction of sp³-hybridized carbons (Fsp3) is 0.550. The highest BCUT2D eigenvalue weighted by atomic mass is 32.2. The van der Waals surface area contributed by atoms with Crippen LogP contribution in [0, 0.1) is 30.1 Å². The average molecular weight is 388 g/mol. The van der Waals surface area contributed by atoms with Crippen LogP contribution in [0.25, 0.3) is 0 Å². The SMILES string of the molecule is COc1ccc(C(=O)C(C#N)C(=O)C2CC2)c(C)c1N=S1(=O)CCCCC1. The quantitative estimate of drug-likeness (QED) is 0.548. The molecular formula is C20H24N2O4S. The summed E-state index contributed by atoms with van der Waals surface area (Å²) in [4.78, 5) is 25.2. The van der Waals surface area contributed by atoms with Crippen LogP contribution in [0.4, 0.5) is 5.69 Å². The summed E-state index contributed by atoms with van der Waals surface area (Å²) in [5.74, 6) is -0.749. The first-order valence-corrected chi connectivity index (χ1v) is 11.1. The van der Waals surface area contributed by atoms with Crippen molar-refractivity contribution in [3.05, 3.63) is 23.3 Å². The van der Waals surface area contributed by atoms with E-state index in [2.05, 4.69) is 4.36 Å². The number of rotatable bonds is 6. The van der Waals surface area contributed by atoms with Gasteiger partial charge in [-0.1, -0.05) is 6.42 Å². The molecule has 2 aliphatic rings. The van der Waals surface area contributed by atoms with Gasteiger partial charge in [0, 0.05) is 23.0 Å². The molecule has 1 saturated carbocycles. The van der Waals surface area contributed by atoms with Gasteiger partial charge in [-0.25, -0.2) is 4.21 Å². The summed E-state index contributed by atoms with van der Waals surface area (Å²) < 4.78 is 22.9. The molecule has 0 N–H and O–H groups in total. The van der Waals surface area contributed by atoms with E-state index in [9.17, 15) is 19.1 Å². The van der Waals surface area contributed by atoms with Crippen molar-refractivity contribution in [2.75, 3.05) is 18.6 Å². The third-order valence-electron chi connectivity index (χ3n) is 5.22. The lowest BCUT2D eigenvalue weighted by atomic mass is 9.90. The summed E-state index contributed by atoms with van der Waals surface area (Å²) in [5.41, 5.74) is 1.18. The van der Waals surface area contributed by atoms with E-state index in [1.54, 1.807) is 19.1 Å². The van der Waals surface area contributed by atoms with Crippen LogP contribution in [0.5, 0.6) is 5.75 Å². The summed E-state index contributed by atoms with van der Waals surface area (Å²) in [6, 6.07) is 5.03. The smallest absolute Gasteiger partial charge is 0.187 e. The molecule has 0 aromatic heterocycles. The van der Waals surface area contributed by atoms with Crippen molar-refractivity contribution in [3.8, 4) is 11.8 Å². The largest absolute Gasteiger partial charge is 0.494 e. The van der Waals surface area contributed by atoms with Crippen molar-refractivity contribution in [1.29, 1.82) is 5.26 Å². The lowest BCUT2D eigenvalue weighted by molar-refractivity contribution is -0.121. The molecule has 27 heavy (non-hydrogen) atoms. The second-order valence-electron chi connectivity index (χ2n) is 7.22. The standard InChI is InChI=1S/C20H24N2O4S/c1-13-15(20(24)16(12-21)19(23)14-6-7-14)8-9-17(26-2)18(13)22-27(25)10-4-3-5-11-27/h8-9,14,16H,3-7,10-11H2,1-2H3. The van der Waals surface area contributed by atoms with E-state index >= 15 is 0 Å². The number of ketones is 2. The van der Waals surface area contributed by atoms with Gasteiger partial charge in [-0.3, -0.25) is 9.59 Å². The predicted octanol–water partition coefficient (Wildman–Crippen LogP) is 3.59. The molecule has 2 fully saturated rings. The normalized spacial score (nSPS) is 19.6. The molecule has 1 aromatic rings. The maximum atomic E-state index is 13.1. The Hall–Kier alpha value is -2.20. The van der Waals surface area contributed by atoms with Crippen LogP contribution in [0.3, 0.4) is 0 Å². The third-order valence-corrected chi connectivity index (χ3v) is 7.59. The molecule has 0 amide bonds. The van der Waals surface area contributed by atoms with Gasteiger partial charge in [-0.05, 0) is 50.3 Å². The summed E-state index contributed by atoms with van der Waals surface area (Å²) >= 11 is 0. The van der Waals surface area contributed by atoms with E-state index in [1.807, 2.05) is 6.07 Å². The Morgan fingerprint density at radius 1 is 1.26 bits per heavy atom. The molecule has 7 heteroatoms. The van der Waals surface area contributed by atoms with Crippen LogP contribution in [0.15, 0.2) is 16.5 Å². The van der Waals surface area contributed by atoms with Gasteiger partial charge in [0.2, 0.25) is 0 Å². The zero-order chi connectivity index (χ0) is 19.6. The molecule has 0 spiro atoms. The monoisotopic (exact) mass is 388 g/mol. The Bertz CT molecular complexity index is 922. The fourth-order valence-corrected chi connectivity index (χ4v) is 5.68. The summed E-state index contributed by atoms with van der Waals surface area (Å²) in [6.07, 6.45) is 4.28. The van der Waals surface area contributed by atoms with Crippen molar-refractivity contribution in [2.24, 2.45) is 16.2 Å². The fourth-order valence-electron chi connectivity index (χ4n) is 3.42. The van der Waals surface area contributed by atoms with Gasteiger partial charge in [0.25, 0.3) is 0 Å². The van der Waals surface area contributed by atoms with Crippen LogP contribution in [0.2, 0.25) is 0 Å². The van der Waals surface area contributed by atoms with Crippen LogP contribution >= 0.6 is 0 Å². The van der Waals surface area contributed by atoms with Gasteiger partial charge in [-0.2, -0.15) is 9.62 Å². The van der Waals surface area contributed by atoms with Gasteiger partial charge < -0.3 is 4.74 Å². The van der Waals surface area contributed by atoms with Crippen molar-refractivity contribution < 1.29 is 18.5 Å². The minimum Gasteiger partial charge on any atom is -0.494 e. The van der Waals surface area contributed by atoms with Gasteiger partial charge in [-0.15, -0.1) is 0 Å². The lowest BCUT2D eigenvalue weighted by Crippen LogP contribution is -2.25. The van der Waals surface area contributed by atoms with Gasteiger partial charge >= 0.3 is 0 Å². The molecule has 1 aliphatic heterocycles. The van der Waals surface area contributed by atoms with E-state index in [4.69, 9.17) is 4.74 Å². The van der Waals surface area contributed by atoms with Crippen LogP contribution in [-0.4, -0.2) is 34.4 Å². The van der Waals surface area contributed by atoms with Crippen molar-refractivity contribution in [2.45, 2.75) is 39.0 Å². The third kappa shape index (κ3) is 4.06. The van der Waals surface area contributed by atoms with E-state index < -0.39 is 21.4 Å². The van der Waals surface area contributed by atoms with Crippen LogP contribution < -0.4 is 4.74 Å². The average Bonchev–Trinajstić information content (AvgIpc) is 3.49. The maximum Gasteiger partial charge on any atom is 0.187 e. The number of carbonyl (C=O) groups is 2. The van der Waals surface area contributed by atoms with Gasteiger partial charge in [0.1, 0.15) is 11.4 Å². The number of carbonyl (C=O) groups excluding carboxylic acids is 2. The number of nitriles is 1. The number of Topliss-reactive ketones (excluding diaryl/α,β-unsaturated/α-hetero) is 2. The molecule has 1 unspecified atom stereocenters. The summed E-state index contributed by atoms with van der Waals surface area (Å²) in [6.45, 7) is 1.70. The minimum atomic E-state index is -2.38. The molecule has 1 saturated heterocycles. The number of benzene rings is 1. The predicted molar refractivity (Wildman–Crippen MR) is 103 cm³/mol. The first-order chi connectivity index (χ1) is 12.9. The van der Waals surface area contributed by atoms with Crippen molar-refractivity contribution in [1.82, 2.24) is 0 Å². The van der Waals surface area contributed by atoms with E-state index in [-0.39, 0.29) is 17.3 Å². The van der Waals surface area contributed by atoms with Crippen LogP contribution in [-0.2, 0) is 14.5 Å². The number of nitrogens with zero attached hydrogens (tertiary/aromatic N) is 2. The maximum absolute atomic E-state index is 13.1. The molecule has 1 atom stereocenters. The highest BCUT2D eigenvalue weighted by Crippen LogP contribution is 2.38. The highest BCUT2D eigenvalue weighted by Gasteiger charge is 2.39. The first-order valence-electron chi connectivity index (χ1n) is 9.28. The molecule has 144 valence electrons. The van der Waals surface area contributed by atoms with Crippen LogP contribution in [0.1, 0.15) is 48.0 Å². The Morgan fingerprint density at radius 3 is 2.48 bits per heavy atom. The molecule has 0 bridgehead atoms. The lowest BCUT2D eigenvalue weighted by Gasteiger charge is -2.18. The first kappa shape index (κ1) is 19.6. The number of methoxy groups -OCH3 is 1. The number of hydrogen-bond acceptors (Lipinski definition) is 6. The highest BCUT2D eigenvalue weighted by molar-refractivity contribution is 7.93. The molecular weight excluding hydrogens is 364 g/mol. The molecule has 0 radical (unpaired) electrons. The second-order valence-corrected chi connectivity index (χ2v) is 9.77. The second kappa shape index (κ2) is 7.81. The van der Waals surface area contributed by atoms with Gasteiger partial charge in [0.15, 0.2) is 17.5 Å². The zero-order valence-corrected chi connectivity index (χ0v) is 16.5. The molecule has 1 aromatic carbocycles. The van der Waals surface area contributed by atoms with E-state index in [0.717, 1.165) is 32.1 Å². The Labute approximate surface area is 160 Å².